The van der Waals surface area contributed by atoms with Gasteiger partial charge in [-0.1, -0.05) is 5.11 Å². The molecule has 0 aliphatic heterocycles. The van der Waals surface area contributed by atoms with Gasteiger partial charge in [0.05, 0.1) is 20.1 Å². The van der Waals surface area contributed by atoms with Crippen LogP contribution < -0.4 is 0 Å². The van der Waals surface area contributed by atoms with Crippen LogP contribution in [0.15, 0.2) is 5.11 Å². The first-order valence-electron chi connectivity index (χ1n) is 9.45. The SMILES string of the molecule is COC(=O)CCOCCCN(C(=O)OC(C)(C)C)[C@H]1CC[C@@H](N=[N+]=[N-])CC1. The Morgan fingerprint density at radius 3 is 2.41 bits per heavy atom. The number of carbonyl (C=O) groups excluding carboxylic acids is 2. The van der Waals surface area contributed by atoms with Crippen LogP contribution in [0.1, 0.15) is 59.3 Å². The van der Waals surface area contributed by atoms with E-state index >= 15 is 0 Å². The van der Waals surface area contributed by atoms with Crippen molar-refractivity contribution in [2.75, 3.05) is 26.9 Å². The molecule has 9 heteroatoms. The van der Waals surface area contributed by atoms with E-state index in [-0.39, 0.29) is 30.6 Å². The van der Waals surface area contributed by atoms with Crippen molar-refractivity contribution in [3.8, 4) is 0 Å². The standard InChI is InChI=1S/C18H32N4O5/c1-18(2,3)27-17(24)22(11-5-12-26-13-10-16(23)25-4)15-8-6-14(7-9-15)20-21-19/h14-15H,5-13H2,1-4H3/t14-,15+. The second kappa shape index (κ2) is 11.7. The Morgan fingerprint density at radius 2 is 1.85 bits per heavy atom. The lowest BCUT2D eigenvalue weighted by atomic mass is 9.90. The molecule has 0 unspecified atom stereocenters. The van der Waals surface area contributed by atoms with Crippen LogP contribution in [0.5, 0.6) is 0 Å². The Kier molecular flexibility index (Phi) is 9.96. The first kappa shape index (κ1) is 23.0. The third-order valence-electron chi connectivity index (χ3n) is 4.32. The Balaban J connectivity index is 2.52. The summed E-state index contributed by atoms with van der Waals surface area (Å²) < 4.78 is 15.6. The van der Waals surface area contributed by atoms with Crippen molar-refractivity contribution in [1.29, 1.82) is 0 Å². The molecular formula is C18H32N4O5. The third-order valence-corrected chi connectivity index (χ3v) is 4.32. The maximum absolute atomic E-state index is 12.6. The second-order valence-corrected chi connectivity index (χ2v) is 7.63. The molecule has 0 bridgehead atoms. The zero-order valence-electron chi connectivity index (χ0n) is 16.8. The normalized spacial score (nSPS) is 19.7. The summed E-state index contributed by atoms with van der Waals surface area (Å²) in [6.07, 6.45) is 3.64. The van der Waals surface area contributed by atoms with Gasteiger partial charge in [0.25, 0.3) is 0 Å². The average molecular weight is 384 g/mol. The van der Waals surface area contributed by atoms with Crippen LogP contribution in [-0.2, 0) is 19.0 Å². The molecule has 1 aliphatic rings. The number of methoxy groups -OCH3 is 1. The zero-order chi connectivity index (χ0) is 20.3. The molecule has 1 aliphatic carbocycles. The predicted molar refractivity (Wildman–Crippen MR) is 100 cm³/mol. The summed E-state index contributed by atoms with van der Waals surface area (Å²) in [7, 11) is 1.34. The molecule has 0 atom stereocenters. The third kappa shape index (κ3) is 9.49. The Morgan fingerprint density at radius 1 is 1.19 bits per heavy atom. The van der Waals surface area contributed by atoms with E-state index in [0.717, 1.165) is 25.7 Å². The number of azide groups is 1. The van der Waals surface area contributed by atoms with Gasteiger partial charge in [0.1, 0.15) is 5.60 Å². The first-order valence-corrected chi connectivity index (χ1v) is 9.45. The summed E-state index contributed by atoms with van der Waals surface area (Å²) in [4.78, 5) is 28.3. The lowest BCUT2D eigenvalue weighted by Gasteiger charge is -2.37. The van der Waals surface area contributed by atoms with Crippen LogP contribution in [0, 0.1) is 0 Å². The van der Waals surface area contributed by atoms with E-state index in [4.69, 9.17) is 15.0 Å². The van der Waals surface area contributed by atoms with Gasteiger partial charge in [-0.05, 0) is 58.4 Å². The number of esters is 1. The molecule has 1 amide bonds. The van der Waals surface area contributed by atoms with Crippen molar-refractivity contribution in [3.05, 3.63) is 10.4 Å². The summed E-state index contributed by atoms with van der Waals surface area (Å²) >= 11 is 0. The molecule has 0 N–H and O–H groups in total. The van der Waals surface area contributed by atoms with Crippen molar-refractivity contribution < 1.29 is 23.8 Å². The highest BCUT2D eigenvalue weighted by Gasteiger charge is 2.31. The summed E-state index contributed by atoms with van der Waals surface area (Å²) in [6, 6.07) is 0.0773. The van der Waals surface area contributed by atoms with Crippen molar-refractivity contribution >= 4 is 12.1 Å². The molecule has 0 aromatic carbocycles. The minimum absolute atomic E-state index is 0.00777. The fraction of sp³-hybridized carbons (Fsp3) is 0.889. The van der Waals surface area contributed by atoms with Crippen LogP contribution in [0.2, 0.25) is 0 Å². The minimum Gasteiger partial charge on any atom is -0.469 e. The number of hydrogen-bond donors (Lipinski definition) is 0. The second-order valence-electron chi connectivity index (χ2n) is 7.63. The van der Waals surface area contributed by atoms with Crippen LogP contribution in [-0.4, -0.2) is 61.5 Å². The highest BCUT2D eigenvalue weighted by Crippen LogP contribution is 2.26. The molecule has 154 valence electrons. The fourth-order valence-corrected chi connectivity index (χ4v) is 3.00. The number of rotatable bonds is 9. The maximum Gasteiger partial charge on any atom is 0.410 e. The molecule has 0 radical (unpaired) electrons. The summed E-state index contributed by atoms with van der Waals surface area (Å²) in [5, 5.41) is 3.79. The summed E-state index contributed by atoms with van der Waals surface area (Å²) in [5.41, 5.74) is 8.02. The highest BCUT2D eigenvalue weighted by molar-refractivity contribution is 5.69. The van der Waals surface area contributed by atoms with Gasteiger partial charge in [-0.3, -0.25) is 4.79 Å². The molecule has 0 heterocycles. The molecule has 1 rings (SSSR count). The first-order chi connectivity index (χ1) is 12.8. The zero-order valence-corrected chi connectivity index (χ0v) is 16.8. The van der Waals surface area contributed by atoms with Gasteiger partial charge in [-0.15, -0.1) is 0 Å². The van der Waals surface area contributed by atoms with Gasteiger partial charge in [0.2, 0.25) is 0 Å². The van der Waals surface area contributed by atoms with E-state index in [1.54, 1.807) is 4.90 Å². The van der Waals surface area contributed by atoms with E-state index in [1.165, 1.54) is 7.11 Å². The van der Waals surface area contributed by atoms with Crippen LogP contribution in [0.3, 0.4) is 0 Å². The Bertz CT molecular complexity index is 520. The number of ether oxygens (including phenoxy) is 3. The number of carbonyl (C=O) groups is 2. The molecule has 0 spiro atoms. The van der Waals surface area contributed by atoms with Gasteiger partial charge >= 0.3 is 12.1 Å². The minimum atomic E-state index is -0.561. The molecule has 9 nitrogen and oxygen atoms in total. The van der Waals surface area contributed by atoms with Crippen molar-refractivity contribution in [3.63, 3.8) is 0 Å². The Labute approximate surface area is 160 Å². The summed E-state index contributed by atoms with van der Waals surface area (Å²) in [5.74, 6) is -0.304. The highest BCUT2D eigenvalue weighted by atomic mass is 16.6. The monoisotopic (exact) mass is 384 g/mol. The lowest BCUT2D eigenvalue weighted by Crippen LogP contribution is -2.46. The van der Waals surface area contributed by atoms with Crippen molar-refractivity contribution in [1.82, 2.24) is 4.90 Å². The van der Waals surface area contributed by atoms with Crippen LogP contribution in [0.4, 0.5) is 4.79 Å². The topological polar surface area (TPSA) is 114 Å². The van der Waals surface area contributed by atoms with Gasteiger partial charge in [0.15, 0.2) is 0 Å². The van der Waals surface area contributed by atoms with Crippen molar-refractivity contribution in [2.45, 2.75) is 77.0 Å². The van der Waals surface area contributed by atoms with E-state index in [1.807, 2.05) is 20.8 Å². The fourth-order valence-electron chi connectivity index (χ4n) is 3.00. The number of amides is 1. The van der Waals surface area contributed by atoms with E-state index in [9.17, 15) is 9.59 Å². The van der Waals surface area contributed by atoms with Crippen LogP contribution in [0.25, 0.3) is 10.4 Å². The molecule has 0 aromatic rings. The molecule has 1 saturated carbocycles. The molecule has 1 fully saturated rings. The average Bonchev–Trinajstić information content (AvgIpc) is 2.60. The largest absolute Gasteiger partial charge is 0.469 e. The smallest absolute Gasteiger partial charge is 0.410 e. The maximum atomic E-state index is 12.6. The number of nitrogens with zero attached hydrogens (tertiary/aromatic N) is 4. The van der Waals surface area contributed by atoms with E-state index < -0.39 is 5.60 Å². The van der Waals surface area contributed by atoms with Gasteiger partial charge in [-0.2, -0.15) is 0 Å². The van der Waals surface area contributed by atoms with Gasteiger partial charge in [0, 0.05) is 30.1 Å². The molecule has 0 aromatic heterocycles. The molecular weight excluding hydrogens is 352 g/mol. The van der Waals surface area contributed by atoms with Gasteiger partial charge < -0.3 is 19.1 Å². The van der Waals surface area contributed by atoms with Crippen molar-refractivity contribution in [2.24, 2.45) is 5.11 Å². The molecule has 27 heavy (non-hydrogen) atoms. The summed E-state index contributed by atoms with van der Waals surface area (Å²) in [6.45, 7) is 6.80. The predicted octanol–water partition coefficient (Wildman–Crippen LogP) is 3.81. The van der Waals surface area contributed by atoms with E-state index in [2.05, 4.69) is 14.8 Å². The Hall–Kier alpha value is -1.99. The quantitative estimate of drug-likeness (QED) is 0.197. The van der Waals surface area contributed by atoms with Gasteiger partial charge in [-0.25, -0.2) is 4.79 Å². The number of hydrogen-bond acceptors (Lipinski definition) is 6. The molecule has 0 saturated heterocycles. The lowest BCUT2D eigenvalue weighted by molar-refractivity contribution is -0.141. The van der Waals surface area contributed by atoms with Crippen LogP contribution >= 0.6 is 0 Å². The van der Waals surface area contributed by atoms with E-state index in [0.29, 0.717) is 26.2 Å².